The van der Waals surface area contributed by atoms with Gasteiger partial charge < -0.3 is 0 Å². The lowest BCUT2D eigenvalue weighted by molar-refractivity contribution is 1.43. The van der Waals surface area contributed by atoms with Gasteiger partial charge in [0.05, 0.1) is 0 Å². The molecule has 0 aliphatic carbocycles. The minimum Gasteiger partial charge on any atom is -0.170 e. The molecule has 2 heteroatoms. The Morgan fingerprint density at radius 3 is 1.94 bits per heavy atom. The van der Waals surface area contributed by atoms with Gasteiger partial charge in [-0.2, -0.15) is 11.1 Å². The second-order valence-electron chi connectivity index (χ2n) is 4.09. The Bertz CT molecular complexity index is 468. The molecular formula is C14H15ClSi. The van der Waals surface area contributed by atoms with Gasteiger partial charge in [-0.25, -0.2) is 0 Å². The predicted octanol–water partition coefficient (Wildman–Crippen LogP) is 2.92. The van der Waals surface area contributed by atoms with E-state index >= 15 is 0 Å². The molecule has 0 atom stereocenters. The van der Waals surface area contributed by atoms with Gasteiger partial charge in [-0.3, -0.25) is 0 Å². The van der Waals surface area contributed by atoms with E-state index in [1.165, 1.54) is 27.4 Å². The molecule has 0 nitrogen and oxygen atoms in total. The Morgan fingerprint density at radius 2 is 1.44 bits per heavy atom. The average Bonchev–Trinajstić information content (AvgIpc) is 2.30. The summed E-state index contributed by atoms with van der Waals surface area (Å²) in [4.78, 5) is 0. The van der Waals surface area contributed by atoms with E-state index in [-0.39, 0.29) is 0 Å². The molecule has 0 aliphatic rings. The normalized spacial score (nSPS) is 11.2. The number of rotatable bonds is 2. The maximum absolute atomic E-state index is 6.07. The van der Waals surface area contributed by atoms with Crippen LogP contribution in [0.4, 0.5) is 0 Å². The standard InChI is InChI=1S/C14H15ClSi/c1-10-8-13(9-11(2)14(10)16-15)12-6-4-3-5-7-12/h3-9H,16H2,1-2H3. The zero-order valence-electron chi connectivity index (χ0n) is 9.63. The molecule has 16 heavy (non-hydrogen) atoms. The molecule has 2 rings (SSSR count). The molecule has 2 aromatic rings. The maximum Gasteiger partial charge on any atom is 0.156 e. The SMILES string of the molecule is Cc1cc(-c2ccccc2)cc(C)c1[SiH2]Cl. The third-order valence-electron chi connectivity index (χ3n) is 2.94. The Morgan fingerprint density at radius 1 is 0.875 bits per heavy atom. The minimum atomic E-state index is -0.590. The first-order valence-corrected chi connectivity index (χ1v) is 8.28. The van der Waals surface area contributed by atoms with E-state index in [0.717, 1.165) is 0 Å². The molecule has 0 amide bonds. The lowest BCUT2D eigenvalue weighted by Crippen LogP contribution is -2.16. The van der Waals surface area contributed by atoms with Gasteiger partial charge in [-0.05, 0) is 30.2 Å². The molecule has 0 aromatic heterocycles. The van der Waals surface area contributed by atoms with Crippen LogP contribution in [0.3, 0.4) is 0 Å². The summed E-state index contributed by atoms with van der Waals surface area (Å²) in [7, 11) is -0.590. The zero-order valence-corrected chi connectivity index (χ0v) is 11.8. The summed E-state index contributed by atoms with van der Waals surface area (Å²) in [6.07, 6.45) is 0. The molecule has 0 saturated heterocycles. The second kappa shape index (κ2) is 4.85. The van der Waals surface area contributed by atoms with Crippen molar-refractivity contribution in [1.82, 2.24) is 0 Å². The van der Waals surface area contributed by atoms with Crippen molar-refractivity contribution in [3.63, 3.8) is 0 Å². The molecule has 0 fully saturated rings. The van der Waals surface area contributed by atoms with Crippen LogP contribution in [0.1, 0.15) is 11.1 Å². The van der Waals surface area contributed by atoms with E-state index in [9.17, 15) is 0 Å². The van der Waals surface area contributed by atoms with Gasteiger partial charge in [0.1, 0.15) is 0 Å². The van der Waals surface area contributed by atoms with E-state index in [4.69, 9.17) is 11.1 Å². The monoisotopic (exact) mass is 246 g/mol. The van der Waals surface area contributed by atoms with E-state index in [2.05, 4.69) is 50.2 Å². The van der Waals surface area contributed by atoms with Gasteiger partial charge in [0.15, 0.2) is 8.83 Å². The van der Waals surface area contributed by atoms with Gasteiger partial charge in [0.25, 0.3) is 0 Å². The summed E-state index contributed by atoms with van der Waals surface area (Å²) in [5.41, 5.74) is 5.23. The van der Waals surface area contributed by atoms with Crippen LogP contribution in [-0.4, -0.2) is 8.83 Å². The minimum absolute atomic E-state index is 0.590. The zero-order chi connectivity index (χ0) is 11.5. The van der Waals surface area contributed by atoms with Gasteiger partial charge >= 0.3 is 0 Å². The van der Waals surface area contributed by atoms with Crippen molar-refractivity contribution in [3.05, 3.63) is 53.6 Å². The fourth-order valence-electron chi connectivity index (χ4n) is 2.00. The van der Waals surface area contributed by atoms with Crippen LogP contribution in [0.15, 0.2) is 42.5 Å². The van der Waals surface area contributed by atoms with E-state index in [0.29, 0.717) is 0 Å². The molecule has 0 aliphatic heterocycles. The van der Waals surface area contributed by atoms with Crippen molar-refractivity contribution in [3.8, 4) is 11.1 Å². The molecule has 0 N–H and O–H groups in total. The van der Waals surface area contributed by atoms with Crippen molar-refractivity contribution in [1.29, 1.82) is 0 Å². The summed E-state index contributed by atoms with van der Waals surface area (Å²) in [6, 6.07) is 15.0. The summed E-state index contributed by atoms with van der Waals surface area (Å²) >= 11 is 6.07. The van der Waals surface area contributed by atoms with Gasteiger partial charge in [0.2, 0.25) is 0 Å². The van der Waals surface area contributed by atoms with Crippen LogP contribution in [0.2, 0.25) is 0 Å². The molecule has 0 unspecified atom stereocenters. The molecular weight excluding hydrogens is 232 g/mol. The molecule has 0 saturated carbocycles. The summed E-state index contributed by atoms with van der Waals surface area (Å²) in [5, 5.41) is 1.39. The van der Waals surface area contributed by atoms with Crippen LogP contribution < -0.4 is 5.19 Å². The molecule has 0 spiro atoms. The maximum atomic E-state index is 6.07. The lowest BCUT2D eigenvalue weighted by Gasteiger charge is -2.10. The fraction of sp³-hybridized carbons (Fsp3) is 0.143. The second-order valence-corrected chi connectivity index (χ2v) is 5.86. The highest BCUT2D eigenvalue weighted by molar-refractivity contribution is 7.01. The smallest absolute Gasteiger partial charge is 0.156 e. The van der Waals surface area contributed by atoms with Crippen molar-refractivity contribution < 1.29 is 0 Å². The third-order valence-corrected chi connectivity index (χ3v) is 5.12. The number of halogens is 1. The van der Waals surface area contributed by atoms with E-state index < -0.39 is 8.83 Å². The molecule has 82 valence electrons. The topological polar surface area (TPSA) is 0 Å². The first-order valence-electron chi connectivity index (χ1n) is 5.44. The summed E-state index contributed by atoms with van der Waals surface area (Å²) in [6.45, 7) is 4.31. The van der Waals surface area contributed by atoms with E-state index in [1.807, 2.05) is 6.07 Å². The highest BCUT2D eigenvalue weighted by Gasteiger charge is 2.05. The molecule has 0 bridgehead atoms. The number of aryl methyl sites for hydroxylation is 2. The van der Waals surface area contributed by atoms with Crippen LogP contribution in [0.25, 0.3) is 11.1 Å². The summed E-state index contributed by atoms with van der Waals surface area (Å²) < 4.78 is 0. The third kappa shape index (κ3) is 2.21. The van der Waals surface area contributed by atoms with Crippen molar-refractivity contribution >= 4 is 25.1 Å². The van der Waals surface area contributed by atoms with Crippen LogP contribution in [-0.2, 0) is 0 Å². The van der Waals surface area contributed by atoms with Crippen molar-refractivity contribution in [2.24, 2.45) is 0 Å². The Labute approximate surface area is 104 Å². The van der Waals surface area contributed by atoms with Crippen LogP contribution in [0.5, 0.6) is 0 Å². The quantitative estimate of drug-likeness (QED) is 0.565. The molecule has 0 radical (unpaired) electrons. The van der Waals surface area contributed by atoms with Gasteiger partial charge in [-0.1, -0.05) is 53.6 Å². The number of benzene rings is 2. The first-order chi connectivity index (χ1) is 7.72. The van der Waals surface area contributed by atoms with Crippen LogP contribution in [0, 0.1) is 13.8 Å². The fourth-order valence-corrected chi connectivity index (χ4v) is 3.89. The Kier molecular flexibility index (Phi) is 3.47. The summed E-state index contributed by atoms with van der Waals surface area (Å²) in [5.74, 6) is 0. The molecule has 0 heterocycles. The number of hydrogen-bond donors (Lipinski definition) is 0. The van der Waals surface area contributed by atoms with Gasteiger partial charge in [0, 0.05) is 0 Å². The number of hydrogen-bond acceptors (Lipinski definition) is 0. The Balaban J connectivity index is 2.53. The predicted molar refractivity (Wildman–Crippen MR) is 75.4 cm³/mol. The van der Waals surface area contributed by atoms with Crippen LogP contribution >= 0.6 is 11.1 Å². The Hall–Kier alpha value is -1.05. The first kappa shape index (κ1) is 11.4. The average molecular weight is 247 g/mol. The lowest BCUT2D eigenvalue weighted by atomic mass is 10.0. The van der Waals surface area contributed by atoms with Crippen molar-refractivity contribution in [2.45, 2.75) is 13.8 Å². The van der Waals surface area contributed by atoms with Gasteiger partial charge in [-0.15, -0.1) is 0 Å². The van der Waals surface area contributed by atoms with E-state index in [1.54, 1.807) is 0 Å². The highest BCUT2D eigenvalue weighted by Crippen LogP contribution is 2.20. The largest absolute Gasteiger partial charge is 0.170 e. The highest BCUT2D eigenvalue weighted by atomic mass is 35.6. The van der Waals surface area contributed by atoms with Crippen molar-refractivity contribution in [2.75, 3.05) is 0 Å². The molecule has 2 aromatic carbocycles.